The number of rotatable bonds is 4. The molecule has 2 amide bonds. The van der Waals surface area contributed by atoms with Crippen LogP contribution in [0.3, 0.4) is 0 Å². The van der Waals surface area contributed by atoms with Crippen LogP contribution in [-0.2, 0) is 9.59 Å². The number of piperidine rings is 1. The number of nitriles is 1. The Morgan fingerprint density at radius 1 is 1.56 bits per heavy atom. The van der Waals surface area contributed by atoms with E-state index in [9.17, 15) is 14.9 Å². The third kappa shape index (κ3) is 2.81. The van der Waals surface area contributed by atoms with Gasteiger partial charge in [-0.05, 0) is 19.3 Å². The highest BCUT2D eigenvalue weighted by atomic mass is 16.2. The summed E-state index contributed by atoms with van der Waals surface area (Å²) in [6, 6.07) is 2.10. The minimum atomic E-state index is -0.931. The van der Waals surface area contributed by atoms with E-state index in [1.54, 1.807) is 11.9 Å². The van der Waals surface area contributed by atoms with E-state index >= 15 is 0 Å². The van der Waals surface area contributed by atoms with Crippen molar-refractivity contribution in [3.8, 4) is 6.07 Å². The summed E-state index contributed by atoms with van der Waals surface area (Å²) >= 11 is 0. The number of carbonyl (C=O) groups is 2. The lowest BCUT2D eigenvalue weighted by atomic mass is 9.82. The molecule has 0 aromatic rings. The van der Waals surface area contributed by atoms with Gasteiger partial charge in [-0.2, -0.15) is 5.26 Å². The lowest BCUT2D eigenvalue weighted by molar-refractivity contribution is -0.135. The van der Waals surface area contributed by atoms with E-state index in [-0.39, 0.29) is 17.9 Å². The Kier molecular flexibility index (Phi) is 4.71. The maximum Gasteiger partial charge on any atom is 0.240 e. The summed E-state index contributed by atoms with van der Waals surface area (Å²) in [6.45, 7) is 4.23. The maximum atomic E-state index is 12.2. The van der Waals surface area contributed by atoms with Crippen molar-refractivity contribution in [1.82, 2.24) is 10.2 Å². The Morgan fingerprint density at radius 3 is 2.61 bits per heavy atom. The summed E-state index contributed by atoms with van der Waals surface area (Å²) in [5, 5.41) is 12.1. The molecule has 1 aliphatic rings. The molecular weight excluding hydrogens is 230 g/mol. The molecule has 1 fully saturated rings. The van der Waals surface area contributed by atoms with Gasteiger partial charge in [-0.3, -0.25) is 9.59 Å². The van der Waals surface area contributed by atoms with E-state index in [1.807, 2.05) is 13.8 Å². The number of nitrogens with zero attached hydrogens (tertiary/aromatic N) is 2. The van der Waals surface area contributed by atoms with Crippen molar-refractivity contribution in [3.63, 3.8) is 0 Å². The van der Waals surface area contributed by atoms with Gasteiger partial charge < -0.3 is 10.2 Å². The lowest BCUT2D eigenvalue weighted by Crippen LogP contribution is -2.52. The minimum absolute atomic E-state index is 0.0361. The van der Waals surface area contributed by atoms with E-state index in [2.05, 4.69) is 11.4 Å². The standard InChI is InChI=1S/C13H21N3O2/c1-4-13(5-2,9-14)12(18)15-10-6-7-11(17)16(3)8-10/h10H,4-8H2,1-3H3,(H,15,18). The van der Waals surface area contributed by atoms with Crippen LogP contribution in [0.15, 0.2) is 0 Å². The zero-order valence-corrected chi connectivity index (χ0v) is 11.3. The van der Waals surface area contributed by atoms with E-state index < -0.39 is 5.41 Å². The van der Waals surface area contributed by atoms with Crippen LogP contribution >= 0.6 is 0 Å². The van der Waals surface area contributed by atoms with Crippen LogP contribution in [0.4, 0.5) is 0 Å². The highest BCUT2D eigenvalue weighted by Crippen LogP contribution is 2.26. The smallest absolute Gasteiger partial charge is 0.240 e. The summed E-state index contributed by atoms with van der Waals surface area (Å²) < 4.78 is 0. The fourth-order valence-electron chi connectivity index (χ4n) is 2.23. The number of likely N-dealkylation sites (N-methyl/N-ethyl adjacent to an activating group) is 1. The Hall–Kier alpha value is -1.57. The van der Waals surface area contributed by atoms with Crippen LogP contribution in [0, 0.1) is 16.7 Å². The summed E-state index contributed by atoms with van der Waals surface area (Å²) in [5.41, 5.74) is -0.931. The van der Waals surface area contributed by atoms with Gasteiger partial charge in [-0.15, -0.1) is 0 Å². The van der Waals surface area contributed by atoms with Crippen molar-refractivity contribution in [2.45, 2.75) is 45.6 Å². The van der Waals surface area contributed by atoms with E-state index in [0.29, 0.717) is 32.2 Å². The Bertz CT molecular complexity index is 369. The number of amides is 2. The normalized spacial score (nSPS) is 20.4. The van der Waals surface area contributed by atoms with Gasteiger partial charge in [0.15, 0.2) is 0 Å². The SMILES string of the molecule is CCC(C#N)(CC)C(=O)NC1CCC(=O)N(C)C1. The van der Waals surface area contributed by atoms with Crippen LogP contribution in [0.5, 0.6) is 0 Å². The molecule has 18 heavy (non-hydrogen) atoms. The van der Waals surface area contributed by atoms with Crippen LogP contribution in [0.2, 0.25) is 0 Å². The molecule has 1 unspecified atom stereocenters. The fraction of sp³-hybridized carbons (Fsp3) is 0.769. The average molecular weight is 251 g/mol. The second-order valence-electron chi connectivity index (χ2n) is 4.88. The number of hydrogen-bond acceptors (Lipinski definition) is 3. The number of carbonyl (C=O) groups excluding carboxylic acids is 2. The maximum absolute atomic E-state index is 12.2. The highest BCUT2D eigenvalue weighted by Gasteiger charge is 2.37. The molecule has 0 bridgehead atoms. The van der Waals surface area contributed by atoms with Gasteiger partial charge in [0, 0.05) is 26.1 Å². The molecule has 0 aromatic carbocycles. The summed E-state index contributed by atoms with van der Waals surface area (Å²) in [4.78, 5) is 25.2. The molecule has 0 aliphatic carbocycles. The molecule has 0 saturated carbocycles. The number of nitrogens with one attached hydrogen (secondary N) is 1. The molecule has 1 N–H and O–H groups in total. The number of likely N-dealkylation sites (tertiary alicyclic amines) is 1. The van der Waals surface area contributed by atoms with Crippen molar-refractivity contribution in [3.05, 3.63) is 0 Å². The van der Waals surface area contributed by atoms with Crippen molar-refractivity contribution in [2.24, 2.45) is 5.41 Å². The molecule has 1 atom stereocenters. The monoisotopic (exact) mass is 251 g/mol. The molecule has 1 heterocycles. The van der Waals surface area contributed by atoms with E-state index in [1.165, 1.54) is 0 Å². The Balaban J connectivity index is 2.65. The van der Waals surface area contributed by atoms with Gasteiger partial charge in [-0.25, -0.2) is 0 Å². The van der Waals surface area contributed by atoms with Crippen LogP contribution in [0.1, 0.15) is 39.5 Å². The quantitative estimate of drug-likeness (QED) is 0.811. The topological polar surface area (TPSA) is 73.2 Å². The van der Waals surface area contributed by atoms with Crippen LogP contribution < -0.4 is 5.32 Å². The van der Waals surface area contributed by atoms with Crippen molar-refractivity contribution in [1.29, 1.82) is 5.26 Å². The molecular formula is C13H21N3O2. The predicted octanol–water partition coefficient (Wildman–Crippen LogP) is 1.05. The van der Waals surface area contributed by atoms with Gasteiger partial charge in [0.2, 0.25) is 11.8 Å². The molecule has 1 rings (SSSR count). The van der Waals surface area contributed by atoms with Gasteiger partial charge in [-0.1, -0.05) is 13.8 Å². The van der Waals surface area contributed by atoms with Crippen molar-refractivity contribution in [2.75, 3.05) is 13.6 Å². The molecule has 1 aliphatic heterocycles. The zero-order valence-electron chi connectivity index (χ0n) is 11.3. The first-order valence-corrected chi connectivity index (χ1v) is 6.45. The van der Waals surface area contributed by atoms with Crippen molar-refractivity contribution < 1.29 is 9.59 Å². The number of hydrogen-bond donors (Lipinski definition) is 1. The highest BCUT2D eigenvalue weighted by molar-refractivity contribution is 5.86. The van der Waals surface area contributed by atoms with Gasteiger partial charge in [0.05, 0.1) is 6.07 Å². The zero-order chi connectivity index (χ0) is 13.8. The lowest BCUT2D eigenvalue weighted by Gasteiger charge is -2.32. The molecule has 5 heteroatoms. The fourth-order valence-corrected chi connectivity index (χ4v) is 2.23. The largest absolute Gasteiger partial charge is 0.350 e. The van der Waals surface area contributed by atoms with E-state index in [4.69, 9.17) is 0 Å². The van der Waals surface area contributed by atoms with Gasteiger partial charge >= 0.3 is 0 Å². The molecule has 0 aromatic heterocycles. The summed E-state index contributed by atoms with van der Waals surface area (Å²) in [6.07, 6.45) is 2.13. The third-order valence-corrected chi connectivity index (χ3v) is 3.82. The van der Waals surface area contributed by atoms with E-state index in [0.717, 1.165) is 0 Å². The average Bonchev–Trinajstić information content (AvgIpc) is 2.37. The summed E-state index contributed by atoms with van der Waals surface area (Å²) in [7, 11) is 1.73. The molecule has 1 saturated heterocycles. The Labute approximate surface area is 108 Å². The first-order chi connectivity index (χ1) is 8.49. The van der Waals surface area contributed by atoms with Crippen molar-refractivity contribution >= 4 is 11.8 Å². The minimum Gasteiger partial charge on any atom is -0.350 e. The first kappa shape index (κ1) is 14.5. The predicted molar refractivity (Wildman–Crippen MR) is 67.4 cm³/mol. The van der Waals surface area contributed by atoms with Crippen LogP contribution in [-0.4, -0.2) is 36.3 Å². The summed E-state index contributed by atoms with van der Waals surface area (Å²) in [5.74, 6) is -0.0965. The van der Waals surface area contributed by atoms with Crippen LogP contribution in [0.25, 0.3) is 0 Å². The first-order valence-electron chi connectivity index (χ1n) is 6.45. The molecule has 5 nitrogen and oxygen atoms in total. The van der Waals surface area contributed by atoms with Gasteiger partial charge in [0.1, 0.15) is 5.41 Å². The van der Waals surface area contributed by atoms with Gasteiger partial charge in [0.25, 0.3) is 0 Å². The Morgan fingerprint density at radius 2 is 2.17 bits per heavy atom. The molecule has 0 radical (unpaired) electrons. The molecule has 100 valence electrons. The second kappa shape index (κ2) is 5.85. The third-order valence-electron chi connectivity index (χ3n) is 3.82. The second-order valence-corrected chi connectivity index (χ2v) is 4.88. The molecule has 0 spiro atoms.